The number of nitriles is 1. The van der Waals surface area contributed by atoms with Crippen molar-refractivity contribution in [2.75, 3.05) is 20.7 Å². The first-order valence-corrected chi connectivity index (χ1v) is 5.05. The molecule has 0 saturated heterocycles. The molecular formula is C12H15FN2O. The molecule has 0 aliphatic carbocycles. The first-order valence-electron chi connectivity index (χ1n) is 5.05. The SMILES string of the molecule is COc1ccc(CN(C)CCC#N)cc1F. The van der Waals surface area contributed by atoms with E-state index in [-0.39, 0.29) is 11.6 Å². The molecule has 0 aliphatic heterocycles. The van der Waals surface area contributed by atoms with Gasteiger partial charge in [0.2, 0.25) is 0 Å². The molecule has 0 heterocycles. The maximum atomic E-state index is 13.4. The maximum absolute atomic E-state index is 13.4. The van der Waals surface area contributed by atoms with Gasteiger partial charge in [-0.3, -0.25) is 0 Å². The van der Waals surface area contributed by atoms with Crippen molar-refractivity contribution in [3.05, 3.63) is 29.6 Å². The van der Waals surface area contributed by atoms with Gasteiger partial charge in [-0.25, -0.2) is 4.39 Å². The van der Waals surface area contributed by atoms with Crippen LogP contribution >= 0.6 is 0 Å². The average Bonchev–Trinajstić information content (AvgIpc) is 2.26. The Bertz CT molecular complexity index is 387. The average molecular weight is 222 g/mol. The van der Waals surface area contributed by atoms with Gasteiger partial charge in [0.1, 0.15) is 0 Å². The molecule has 0 amide bonds. The van der Waals surface area contributed by atoms with Crippen LogP contribution in [-0.4, -0.2) is 25.6 Å². The Labute approximate surface area is 95.1 Å². The molecule has 1 aromatic rings. The van der Waals surface area contributed by atoms with Gasteiger partial charge < -0.3 is 9.64 Å². The zero-order valence-corrected chi connectivity index (χ0v) is 9.53. The number of benzene rings is 1. The van der Waals surface area contributed by atoms with Gasteiger partial charge >= 0.3 is 0 Å². The van der Waals surface area contributed by atoms with Crippen LogP contribution < -0.4 is 4.74 Å². The standard InChI is InChI=1S/C12H15FN2O/c1-15(7-3-6-14)9-10-4-5-12(16-2)11(13)8-10/h4-5,8H,3,7,9H2,1-2H3. The van der Waals surface area contributed by atoms with E-state index in [4.69, 9.17) is 10.00 Å². The van der Waals surface area contributed by atoms with E-state index in [1.165, 1.54) is 13.2 Å². The lowest BCUT2D eigenvalue weighted by Gasteiger charge is -2.15. The van der Waals surface area contributed by atoms with Gasteiger partial charge in [-0.15, -0.1) is 0 Å². The normalized spacial score (nSPS) is 10.2. The largest absolute Gasteiger partial charge is 0.494 e. The summed E-state index contributed by atoms with van der Waals surface area (Å²) in [5.74, 6) is -0.0999. The van der Waals surface area contributed by atoms with Crippen molar-refractivity contribution in [2.45, 2.75) is 13.0 Å². The van der Waals surface area contributed by atoms with Gasteiger partial charge in [-0.05, 0) is 24.7 Å². The summed E-state index contributed by atoms with van der Waals surface area (Å²) in [6.07, 6.45) is 0.481. The Morgan fingerprint density at radius 2 is 2.25 bits per heavy atom. The zero-order valence-electron chi connectivity index (χ0n) is 9.53. The van der Waals surface area contributed by atoms with Crippen molar-refractivity contribution in [3.63, 3.8) is 0 Å². The molecule has 0 aromatic heterocycles. The fourth-order valence-corrected chi connectivity index (χ4v) is 1.44. The minimum atomic E-state index is -0.353. The minimum absolute atomic E-state index is 0.253. The van der Waals surface area contributed by atoms with E-state index in [2.05, 4.69) is 6.07 Å². The Morgan fingerprint density at radius 1 is 1.50 bits per heavy atom. The highest BCUT2D eigenvalue weighted by Crippen LogP contribution is 2.18. The lowest BCUT2D eigenvalue weighted by molar-refractivity contribution is 0.333. The summed E-state index contributed by atoms with van der Waals surface area (Å²) >= 11 is 0. The predicted octanol–water partition coefficient (Wildman–Crippen LogP) is 2.18. The number of ether oxygens (including phenoxy) is 1. The lowest BCUT2D eigenvalue weighted by atomic mass is 10.2. The summed E-state index contributed by atoms with van der Waals surface area (Å²) in [5.41, 5.74) is 0.874. The molecule has 0 aliphatic rings. The zero-order chi connectivity index (χ0) is 12.0. The van der Waals surface area contributed by atoms with Crippen molar-refractivity contribution in [3.8, 4) is 11.8 Å². The topological polar surface area (TPSA) is 36.3 Å². The molecule has 0 fully saturated rings. The van der Waals surface area contributed by atoms with Crippen LogP contribution in [0.4, 0.5) is 4.39 Å². The first-order chi connectivity index (χ1) is 7.67. The first kappa shape index (κ1) is 12.5. The van der Waals surface area contributed by atoms with Gasteiger partial charge in [-0.2, -0.15) is 5.26 Å². The molecule has 0 radical (unpaired) electrons. The van der Waals surface area contributed by atoms with Crippen LogP contribution in [0.25, 0.3) is 0 Å². The number of rotatable bonds is 5. The van der Waals surface area contributed by atoms with Gasteiger partial charge in [0, 0.05) is 19.5 Å². The van der Waals surface area contributed by atoms with E-state index in [0.29, 0.717) is 19.5 Å². The molecule has 0 saturated carbocycles. The summed E-state index contributed by atoms with van der Waals surface area (Å²) in [7, 11) is 3.34. The highest BCUT2D eigenvalue weighted by Gasteiger charge is 2.05. The predicted molar refractivity (Wildman–Crippen MR) is 59.5 cm³/mol. The van der Waals surface area contributed by atoms with Crippen molar-refractivity contribution in [1.29, 1.82) is 5.26 Å². The Kier molecular flexibility index (Phi) is 4.74. The van der Waals surface area contributed by atoms with Crippen molar-refractivity contribution in [1.82, 2.24) is 4.90 Å². The van der Waals surface area contributed by atoms with Crippen LogP contribution in [0.3, 0.4) is 0 Å². The van der Waals surface area contributed by atoms with Crippen LogP contribution in [0.1, 0.15) is 12.0 Å². The number of hydrogen-bond donors (Lipinski definition) is 0. The second-order valence-corrected chi connectivity index (χ2v) is 3.61. The van der Waals surface area contributed by atoms with E-state index < -0.39 is 0 Å². The van der Waals surface area contributed by atoms with Crippen LogP contribution in [0.15, 0.2) is 18.2 Å². The Balaban J connectivity index is 2.61. The van der Waals surface area contributed by atoms with E-state index in [0.717, 1.165) is 5.56 Å². The highest BCUT2D eigenvalue weighted by atomic mass is 19.1. The smallest absolute Gasteiger partial charge is 0.165 e. The third kappa shape index (κ3) is 3.52. The molecule has 86 valence electrons. The lowest BCUT2D eigenvalue weighted by Crippen LogP contribution is -2.18. The van der Waals surface area contributed by atoms with Crippen LogP contribution in [-0.2, 0) is 6.54 Å². The Hall–Kier alpha value is -1.60. The molecule has 0 bridgehead atoms. The summed E-state index contributed by atoms with van der Waals surface area (Å²) in [4.78, 5) is 1.98. The van der Waals surface area contributed by atoms with Gasteiger partial charge in [0.15, 0.2) is 11.6 Å². The monoisotopic (exact) mass is 222 g/mol. The van der Waals surface area contributed by atoms with E-state index in [9.17, 15) is 4.39 Å². The van der Waals surface area contributed by atoms with Gasteiger partial charge in [0.05, 0.1) is 13.2 Å². The highest BCUT2D eigenvalue weighted by molar-refractivity contribution is 5.29. The van der Waals surface area contributed by atoms with E-state index in [1.807, 2.05) is 18.0 Å². The second-order valence-electron chi connectivity index (χ2n) is 3.61. The molecule has 0 unspecified atom stereocenters. The Morgan fingerprint density at radius 3 is 2.81 bits per heavy atom. The molecule has 0 atom stereocenters. The summed E-state index contributed by atoms with van der Waals surface area (Å²) in [5, 5.41) is 8.44. The molecular weight excluding hydrogens is 207 g/mol. The minimum Gasteiger partial charge on any atom is -0.494 e. The van der Waals surface area contributed by atoms with Crippen molar-refractivity contribution < 1.29 is 9.13 Å². The fourth-order valence-electron chi connectivity index (χ4n) is 1.44. The fraction of sp³-hybridized carbons (Fsp3) is 0.417. The van der Waals surface area contributed by atoms with Gasteiger partial charge in [-0.1, -0.05) is 6.07 Å². The summed E-state index contributed by atoms with van der Waals surface area (Å²) in [6.45, 7) is 1.31. The number of halogens is 1. The van der Waals surface area contributed by atoms with Crippen LogP contribution in [0.5, 0.6) is 5.75 Å². The molecule has 16 heavy (non-hydrogen) atoms. The number of methoxy groups -OCH3 is 1. The summed E-state index contributed by atoms with van der Waals surface area (Å²) < 4.78 is 18.2. The third-order valence-corrected chi connectivity index (χ3v) is 2.27. The molecule has 1 rings (SSSR count). The molecule has 1 aromatic carbocycles. The van der Waals surface area contributed by atoms with E-state index in [1.54, 1.807) is 6.07 Å². The molecule has 3 nitrogen and oxygen atoms in total. The number of nitrogens with zero attached hydrogens (tertiary/aromatic N) is 2. The number of hydrogen-bond acceptors (Lipinski definition) is 3. The quantitative estimate of drug-likeness (QED) is 0.766. The van der Waals surface area contributed by atoms with E-state index >= 15 is 0 Å². The molecule has 0 N–H and O–H groups in total. The van der Waals surface area contributed by atoms with Crippen molar-refractivity contribution >= 4 is 0 Å². The second kappa shape index (κ2) is 6.09. The third-order valence-electron chi connectivity index (χ3n) is 2.27. The summed E-state index contributed by atoms with van der Waals surface area (Å²) in [6, 6.07) is 6.98. The van der Waals surface area contributed by atoms with Crippen LogP contribution in [0.2, 0.25) is 0 Å². The maximum Gasteiger partial charge on any atom is 0.165 e. The molecule has 0 spiro atoms. The van der Waals surface area contributed by atoms with Gasteiger partial charge in [0.25, 0.3) is 0 Å². The molecule has 4 heteroatoms. The van der Waals surface area contributed by atoms with Crippen molar-refractivity contribution in [2.24, 2.45) is 0 Å². The van der Waals surface area contributed by atoms with Crippen LogP contribution in [0, 0.1) is 17.1 Å².